The second kappa shape index (κ2) is 6.26. The molecule has 2 heterocycles. The van der Waals surface area contributed by atoms with E-state index in [2.05, 4.69) is 39.7 Å². The van der Waals surface area contributed by atoms with Crippen LogP contribution in [0.25, 0.3) is 10.2 Å². The number of thioether (sulfide) groups is 1. The van der Waals surface area contributed by atoms with Gasteiger partial charge in [0.25, 0.3) is 0 Å². The average Bonchev–Trinajstić information content (AvgIpc) is 2.72. The number of rotatable bonds is 3. The molecule has 0 atom stereocenters. The summed E-state index contributed by atoms with van der Waals surface area (Å²) < 4.78 is 14.7. The molecule has 114 valence electrons. The van der Waals surface area contributed by atoms with Gasteiger partial charge < -0.3 is 0 Å². The maximum absolute atomic E-state index is 14.0. The van der Waals surface area contributed by atoms with Gasteiger partial charge in [-0.05, 0) is 44.0 Å². The molecule has 0 saturated heterocycles. The predicted octanol–water partition coefficient (Wildman–Crippen LogP) is 5.81. The highest BCUT2D eigenvalue weighted by molar-refractivity contribution is 9.10. The van der Waals surface area contributed by atoms with Crippen LogP contribution in [0.3, 0.4) is 0 Å². The largest absolute Gasteiger partial charge is 0.226 e. The number of hydrogen-bond acceptors (Lipinski definition) is 4. The summed E-state index contributed by atoms with van der Waals surface area (Å²) in [6, 6.07) is 5.17. The fourth-order valence-corrected chi connectivity index (χ4v) is 4.79. The van der Waals surface area contributed by atoms with Crippen LogP contribution in [-0.4, -0.2) is 9.97 Å². The first-order chi connectivity index (χ1) is 10.5. The van der Waals surface area contributed by atoms with Crippen LogP contribution < -0.4 is 0 Å². The van der Waals surface area contributed by atoms with Crippen molar-refractivity contribution in [1.29, 1.82) is 0 Å². The Morgan fingerprint density at radius 3 is 2.73 bits per heavy atom. The highest BCUT2D eigenvalue weighted by atomic mass is 79.9. The van der Waals surface area contributed by atoms with Crippen LogP contribution in [0.1, 0.15) is 21.8 Å². The summed E-state index contributed by atoms with van der Waals surface area (Å²) in [6.07, 6.45) is 0. The molecule has 2 nitrogen and oxygen atoms in total. The molecule has 6 heteroatoms. The fraction of sp³-hybridized carbons (Fsp3) is 0.250. The monoisotopic (exact) mass is 396 g/mol. The van der Waals surface area contributed by atoms with Gasteiger partial charge in [0.2, 0.25) is 0 Å². The van der Waals surface area contributed by atoms with Gasteiger partial charge in [0, 0.05) is 20.5 Å². The Kier molecular flexibility index (Phi) is 4.52. The summed E-state index contributed by atoms with van der Waals surface area (Å²) in [5, 5.41) is 2.04. The minimum Gasteiger partial charge on any atom is -0.226 e. The first-order valence-electron chi connectivity index (χ1n) is 6.77. The number of nitrogens with zero attached hydrogens (tertiary/aromatic N) is 2. The zero-order chi connectivity index (χ0) is 15.9. The van der Waals surface area contributed by atoms with E-state index in [1.807, 2.05) is 19.1 Å². The quantitative estimate of drug-likeness (QED) is 0.412. The van der Waals surface area contributed by atoms with Crippen molar-refractivity contribution in [3.05, 3.63) is 50.3 Å². The molecule has 0 aliphatic carbocycles. The number of aryl methyl sites for hydroxylation is 3. The molecule has 0 fully saturated rings. The van der Waals surface area contributed by atoms with Gasteiger partial charge in [-0.15, -0.1) is 23.1 Å². The van der Waals surface area contributed by atoms with Crippen LogP contribution in [0.5, 0.6) is 0 Å². The van der Waals surface area contributed by atoms with Gasteiger partial charge >= 0.3 is 0 Å². The van der Waals surface area contributed by atoms with Gasteiger partial charge in [-0.25, -0.2) is 14.4 Å². The van der Waals surface area contributed by atoms with Crippen LogP contribution >= 0.6 is 39.0 Å². The standard InChI is InChI=1S/C16H14BrFN2S2/c1-8-9(2)22-16-14(8)15(19-10(3)20-16)21-7-11-4-5-12(17)6-13(11)18/h4-6H,7H2,1-3H3. The Labute approximate surface area is 145 Å². The van der Waals surface area contributed by atoms with Crippen LogP contribution in [0.2, 0.25) is 0 Å². The lowest BCUT2D eigenvalue weighted by molar-refractivity contribution is 0.616. The first kappa shape index (κ1) is 15.9. The van der Waals surface area contributed by atoms with Crippen LogP contribution in [0.15, 0.2) is 27.7 Å². The molecule has 0 spiro atoms. The molecule has 0 saturated carbocycles. The lowest BCUT2D eigenvalue weighted by atomic mass is 10.2. The van der Waals surface area contributed by atoms with E-state index in [9.17, 15) is 4.39 Å². The molecule has 3 aromatic rings. The van der Waals surface area contributed by atoms with Crippen LogP contribution in [-0.2, 0) is 5.75 Å². The van der Waals surface area contributed by atoms with E-state index >= 15 is 0 Å². The third-order valence-corrected chi connectivity index (χ3v) is 6.11. The van der Waals surface area contributed by atoms with E-state index < -0.39 is 0 Å². The fourth-order valence-electron chi connectivity index (χ4n) is 2.20. The Balaban J connectivity index is 1.96. The number of thiophene rings is 1. The lowest BCUT2D eigenvalue weighted by Crippen LogP contribution is -1.93. The molecule has 0 aliphatic heterocycles. The Morgan fingerprint density at radius 1 is 1.23 bits per heavy atom. The summed E-state index contributed by atoms with van der Waals surface area (Å²) in [7, 11) is 0. The molecule has 2 aromatic heterocycles. The van der Waals surface area contributed by atoms with E-state index in [1.54, 1.807) is 23.1 Å². The summed E-state index contributed by atoms with van der Waals surface area (Å²) >= 11 is 6.53. The molecular weight excluding hydrogens is 383 g/mol. The zero-order valence-electron chi connectivity index (χ0n) is 12.4. The van der Waals surface area contributed by atoms with E-state index in [0.29, 0.717) is 11.3 Å². The van der Waals surface area contributed by atoms with Crippen molar-refractivity contribution in [2.24, 2.45) is 0 Å². The number of hydrogen-bond donors (Lipinski definition) is 0. The molecule has 0 radical (unpaired) electrons. The summed E-state index contributed by atoms with van der Waals surface area (Å²) in [4.78, 5) is 11.4. The van der Waals surface area contributed by atoms with Crippen molar-refractivity contribution in [2.75, 3.05) is 0 Å². The van der Waals surface area contributed by atoms with Crippen molar-refractivity contribution < 1.29 is 4.39 Å². The van der Waals surface area contributed by atoms with Gasteiger partial charge in [0.1, 0.15) is 21.5 Å². The van der Waals surface area contributed by atoms with Gasteiger partial charge in [0.05, 0.1) is 0 Å². The number of halogens is 2. The minimum atomic E-state index is -0.192. The molecule has 22 heavy (non-hydrogen) atoms. The minimum absolute atomic E-state index is 0.192. The van der Waals surface area contributed by atoms with E-state index in [-0.39, 0.29) is 5.82 Å². The van der Waals surface area contributed by atoms with Crippen LogP contribution in [0.4, 0.5) is 4.39 Å². The smallest absolute Gasteiger partial charge is 0.128 e. The first-order valence-corrected chi connectivity index (χ1v) is 9.36. The highest BCUT2D eigenvalue weighted by Gasteiger charge is 2.14. The Morgan fingerprint density at radius 2 is 2.00 bits per heavy atom. The van der Waals surface area contributed by atoms with E-state index in [4.69, 9.17) is 0 Å². The molecule has 0 unspecified atom stereocenters. The SMILES string of the molecule is Cc1nc(SCc2ccc(Br)cc2F)c2c(C)c(C)sc2n1. The molecule has 0 aliphatic rings. The second-order valence-electron chi connectivity index (χ2n) is 5.06. The molecule has 3 rings (SSSR count). The lowest BCUT2D eigenvalue weighted by Gasteiger charge is -2.06. The van der Waals surface area contributed by atoms with Gasteiger partial charge in [0.15, 0.2) is 0 Å². The molecule has 0 bridgehead atoms. The molecule has 0 N–H and O–H groups in total. The predicted molar refractivity (Wildman–Crippen MR) is 95.3 cm³/mol. The third kappa shape index (κ3) is 3.05. The van der Waals surface area contributed by atoms with Gasteiger partial charge in [-0.1, -0.05) is 22.0 Å². The number of benzene rings is 1. The maximum Gasteiger partial charge on any atom is 0.128 e. The number of aromatic nitrogens is 2. The van der Waals surface area contributed by atoms with E-state index in [0.717, 1.165) is 25.5 Å². The van der Waals surface area contributed by atoms with Crippen molar-refractivity contribution >= 4 is 49.2 Å². The molecular formula is C16H14BrFN2S2. The zero-order valence-corrected chi connectivity index (χ0v) is 15.6. The van der Waals surface area contributed by atoms with Gasteiger partial charge in [-0.2, -0.15) is 0 Å². The topological polar surface area (TPSA) is 25.8 Å². The van der Waals surface area contributed by atoms with Crippen molar-refractivity contribution in [3.8, 4) is 0 Å². The van der Waals surface area contributed by atoms with Crippen LogP contribution in [0, 0.1) is 26.6 Å². The highest BCUT2D eigenvalue weighted by Crippen LogP contribution is 2.36. The number of fused-ring (bicyclic) bond motifs is 1. The molecule has 1 aromatic carbocycles. The summed E-state index contributed by atoms with van der Waals surface area (Å²) in [5.41, 5.74) is 1.90. The van der Waals surface area contributed by atoms with E-state index in [1.165, 1.54) is 16.5 Å². The average molecular weight is 397 g/mol. The van der Waals surface area contributed by atoms with Gasteiger partial charge in [-0.3, -0.25) is 0 Å². The second-order valence-corrected chi connectivity index (χ2v) is 8.15. The Hall–Kier alpha value is -0.980. The van der Waals surface area contributed by atoms with Crippen molar-refractivity contribution in [3.63, 3.8) is 0 Å². The third-order valence-electron chi connectivity index (χ3n) is 3.49. The molecule has 0 amide bonds. The summed E-state index contributed by atoms with van der Waals surface area (Å²) in [5.74, 6) is 1.12. The van der Waals surface area contributed by atoms with Crippen molar-refractivity contribution in [1.82, 2.24) is 9.97 Å². The maximum atomic E-state index is 14.0. The normalized spacial score (nSPS) is 11.3. The summed E-state index contributed by atoms with van der Waals surface area (Å²) in [6.45, 7) is 6.09. The Bertz CT molecular complexity index is 861. The van der Waals surface area contributed by atoms with Crippen molar-refractivity contribution in [2.45, 2.75) is 31.6 Å².